The van der Waals surface area contributed by atoms with E-state index < -0.39 is 0 Å². The molecule has 3 aromatic heterocycles. The Hall–Kier alpha value is -6.56. The van der Waals surface area contributed by atoms with Crippen LogP contribution in [0.25, 0.3) is 91.9 Å². The van der Waals surface area contributed by atoms with Gasteiger partial charge in [-0.1, -0.05) is 129 Å². The van der Waals surface area contributed by atoms with Crippen molar-refractivity contribution in [3.63, 3.8) is 0 Å². The van der Waals surface area contributed by atoms with Gasteiger partial charge in [0.05, 0.1) is 11.0 Å². The van der Waals surface area contributed by atoms with Gasteiger partial charge in [0.15, 0.2) is 0 Å². The third kappa shape index (κ3) is 4.91. The molecule has 0 unspecified atom stereocenters. The Bertz CT molecular complexity index is 4110. The number of fused-ring (bicyclic) bond motifs is 18. The Morgan fingerprint density at radius 3 is 2.03 bits per heavy atom. The van der Waals surface area contributed by atoms with Crippen LogP contribution < -0.4 is 15.7 Å². The average molecular weight is 897 g/mol. The maximum atomic E-state index is 7.09. The van der Waals surface area contributed by atoms with E-state index in [0.29, 0.717) is 0 Å². The summed E-state index contributed by atoms with van der Waals surface area (Å²) >= 11 is 1.92. The second-order valence-electron chi connectivity index (χ2n) is 23.5. The van der Waals surface area contributed by atoms with E-state index in [1.54, 1.807) is 0 Å². The minimum Gasteiger partial charge on any atom is -0.456 e. The Morgan fingerprint density at radius 1 is 0.529 bits per heavy atom. The molecule has 0 saturated heterocycles. The molecule has 5 heterocycles. The van der Waals surface area contributed by atoms with Crippen molar-refractivity contribution >= 4 is 104 Å². The highest BCUT2D eigenvalue weighted by Gasteiger charge is 2.46. The molecular weight excluding hydrogens is 844 g/mol. The second-order valence-corrected chi connectivity index (χ2v) is 24.6. The number of anilines is 2. The number of aromatic nitrogens is 1. The molecule has 11 aromatic rings. The summed E-state index contributed by atoms with van der Waals surface area (Å²) < 4.78 is 12.4. The van der Waals surface area contributed by atoms with Crippen LogP contribution in [0.1, 0.15) is 103 Å². The van der Waals surface area contributed by atoms with Crippen molar-refractivity contribution in [2.45, 2.75) is 96.8 Å². The number of hydrogen-bond donors (Lipinski definition) is 0. The monoisotopic (exact) mass is 896 g/mol. The van der Waals surface area contributed by atoms with Crippen molar-refractivity contribution in [1.82, 2.24) is 4.57 Å². The third-order valence-electron chi connectivity index (χ3n) is 17.4. The summed E-state index contributed by atoms with van der Waals surface area (Å²) in [6.07, 6.45) is 2.34. The Kier molecular flexibility index (Phi) is 7.28. The first kappa shape index (κ1) is 39.4. The van der Waals surface area contributed by atoms with Crippen molar-refractivity contribution in [3.05, 3.63) is 161 Å². The Morgan fingerprint density at radius 2 is 1.24 bits per heavy atom. The van der Waals surface area contributed by atoms with Gasteiger partial charge in [-0.25, -0.2) is 0 Å². The quantitative estimate of drug-likeness (QED) is 0.153. The predicted octanol–water partition coefficient (Wildman–Crippen LogP) is 16.2. The molecule has 2 aliphatic heterocycles. The number of nitrogens with zero attached hydrogens (tertiary/aromatic N) is 2. The zero-order chi connectivity index (χ0) is 46.1. The van der Waals surface area contributed by atoms with Crippen molar-refractivity contribution in [1.29, 1.82) is 0 Å². The van der Waals surface area contributed by atoms with Gasteiger partial charge in [0.1, 0.15) is 11.2 Å². The largest absolute Gasteiger partial charge is 0.456 e. The first-order chi connectivity index (χ1) is 32.6. The molecule has 0 atom stereocenters. The van der Waals surface area contributed by atoms with Gasteiger partial charge < -0.3 is 13.8 Å². The summed E-state index contributed by atoms with van der Waals surface area (Å²) in [5, 5.41) is 7.68. The smallest absolute Gasteiger partial charge is 0.333 e. The van der Waals surface area contributed by atoms with Crippen LogP contribution in [0.2, 0.25) is 0 Å². The zero-order valence-electron chi connectivity index (χ0n) is 40.4. The normalized spacial score (nSPS) is 17.1. The van der Waals surface area contributed by atoms with Crippen LogP contribution in [0.3, 0.4) is 0 Å². The standard InChI is InChI=1S/C63H53BN2OS/c1-60(2,3)34-18-20-35(21-19-34)66-52-33-55-43(44-28-48-49(31-54(44)67-55)62(6,7)25-24-61(48,4)5)27-41(52)38-22-23-39-42-26-40-36-14-10-12-16-46(36)63(8,9)47(40)30-51(42)65-53-29-45-37-15-11-13-17-56(37)68-57(45)32-50(53)64(66)58(38)59(39)65/h10-23,26-33H,24-25H2,1-9H3. The van der Waals surface area contributed by atoms with Gasteiger partial charge >= 0.3 is 6.85 Å². The molecule has 0 saturated carbocycles. The number of rotatable bonds is 1. The van der Waals surface area contributed by atoms with Crippen molar-refractivity contribution in [3.8, 4) is 27.9 Å². The minimum absolute atomic E-state index is 0.0281. The van der Waals surface area contributed by atoms with E-state index in [4.69, 9.17) is 4.42 Å². The molecule has 15 rings (SSSR count). The van der Waals surface area contributed by atoms with E-state index in [9.17, 15) is 0 Å². The first-order valence-electron chi connectivity index (χ1n) is 24.7. The molecule has 0 N–H and O–H groups in total. The number of furan rings is 1. The van der Waals surface area contributed by atoms with Crippen LogP contribution >= 0.6 is 11.3 Å². The Balaban J connectivity index is 1.09. The summed E-state index contributed by atoms with van der Waals surface area (Å²) in [6.45, 7) is 21.3. The summed E-state index contributed by atoms with van der Waals surface area (Å²) in [5.74, 6) is 0. The topological polar surface area (TPSA) is 21.3 Å². The number of thiophene rings is 1. The fourth-order valence-corrected chi connectivity index (χ4v) is 14.7. The summed E-state index contributed by atoms with van der Waals surface area (Å²) in [4.78, 5) is 2.67. The molecule has 0 spiro atoms. The van der Waals surface area contributed by atoms with E-state index >= 15 is 0 Å². The number of benzene rings is 8. The molecule has 2 aliphatic carbocycles. The van der Waals surface area contributed by atoms with E-state index in [-0.39, 0.29) is 28.5 Å². The molecule has 5 heteroatoms. The zero-order valence-corrected chi connectivity index (χ0v) is 41.2. The van der Waals surface area contributed by atoms with Gasteiger partial charge in [0.2, 0.25) is 0 Å². The summed E-state index contributed by atoms with van der Waals surface area (Å²) in [6, 6.07) is 52.4. The molecule has 68 heavy (non-hydrogen) atoms. The lowest BCUT2D eigenvalue weighted by Crippen LogP contribution is -2.60. The maximum Gasteiger partial charge on any atom is 0.333 e. The van der Waals surface area contributed by atoms with Crippen molar-refractivity contribution in [2.24, 2.45) is 0 Å². The van der Waals surface area contributed by atoms with E-state index in [2.05, 4.69) is 205 Å². The highest BCUT2D eigenvalue weighted by Crippen LogP contribution is 2.54. The molecule has 3 nitrogen and oxygen atoms in total. The highest BCUT2D eigenvalue weighted by atomic mass is 32.1. The van der Waals surface area contributed by atoms with E-state index in [0.717, 1.165) is 11.2 Å². The second kappa shape index (κ2) is 12.6. The Labute approximate surface area is 402 Å². The lowest BCUT2D eigenvalue weighted by Gasteiger charge is -2.42. The molecule has 4 aliphatic rings. The van der Waals surface area contributed by atoms with Gasteiger partial charge in [-0.3, -0.25) is 0 Å². The van der Waals surface area contributed by atoms with E-state index in [1.165, 1.54) is 144 Å². The number of hydrogen-bond acceptors (Lipinski definition) is 3. The van der Waals surface area contributed by atoms with Crippen LogP contribution in [0.4, 0.5) is 11.4 Å². The van der Waals surface area contributed by atoms with Gasteiger partial charge in [-0.2, -0.15) is 0 Å². The molecule has 0 amide bonds. The molecule has 330 valence electrons. The summed E-state index contributed by atoms with van der Waals surface area (Å²) in [7, 11) is 0. The maximum absolute atomic E-state index is 7.09. The van der Waals surface area contributed by atoms with Crippen LogP contribution in [-0.2, 0) is 21.7 Å². The van der Waals surface area contributed by atoms with Crippen LogP contribution in [0.15, 0.2) is 138 Å². The van der Waals surface area contributed by atoms with Crippen molar-refractivity contribution in [2.75, 3.05) is 4.81 Å². The lowest BCUT2D eigenvalue weighted by molar-refractivity contribution is 0.332. The van der Waals surface area contributed by atoms with Gasteiger partial charge in [-0.05, 0) is 145 Å². The van der Waals surface area contributed by atoms with Crippen LogP contribution in [0, 0.1) is 0 Å². The molecule has 0 bridgehead atoms. The summed E-state index contributed by atoms with van der Waals surface area (Å²) in [5.41, 5.74) is 23.3. The van der Waals surface area contributed by atoms with E-state index in [1.807, 2.05) is 11.3 Å². The van der Waals surface area contributed by atoms with Crippen LogP contribution in [0.5, 0.6) is 0 Å². The molecule has 0 fully saturated rings. The third-order valence-corrected chi connectivity index (χ3v) is 18.5. The fourth-order valence-electron chi connectivity index (χ4n) is 13.5. The van der Waals surface area contributed by atoms with Gasteiger partial charge in [-0.15, -0.1) is 11.3 Å². The predicted molar refractivity (Wildman–Crippen MR) is 292 cm³/mol. The molecule has 8 aromatic carbocycles. The minimum atomic E-state index is -0.123. The van der Waals surface area contributed by atoms with Crippen molar-refractivity contribution < 1.29 is 4.42 Å². The first-order valence-corrected chi connectivity index (χ1v) is 25.5. The molecule has 0 radical (unpaired) electrons. The van der Waals surface area contributed by atoms with Gasteiger partial charge in [0, 0.05) is 75.8 Å². The molecular formula is C63H53BN2OS. The average Bonchev–Trinajstić information content (AvgIpc) is 4.03. The van der Waals surface area contributed by atoms with Gasteiger partial charge in [0.25, 0.3) is 0 Å². The van der Waals surface area contributed by atoms with Crippen LogP contribution in [-0.4, -0.2) is 11.4 Å². The highest BCUT2D eigenvalue weighted by molar-refractivity contribution is 7.26. The SMILES string of the molecule is CC(C)(C)c1ccc(N2B3c4cc5sc6ccccc6c5cc4-n4c5cc6c(cc5c5ccc(c3c54)-c3cc4c(cc32)oc2cc3c(cc24)C(C)(C)CCC3(C)C)-c2ccccc2C6(C)C)cc1. The lowest BCUT2D eigenvalue weighted by atomic mass is 9.44. The fraction of sp³-hybridized carbons (Fsp3) is 0.238.